The lowest BCUT2D eigenvalue weighted by Gasteiger charge is -2.10. The standard InChI is InChI=1S/C12H10F5N3/c1-18-4-6-5-19-20(11(6)12(16)17)10-3-8(14)7(13)2-9(10)15/h2-3,5,12,18H,4H2,1H3. The fourth-order valence-electron chi connectivity index (χ4n) is 1.82. The van der Waals surface area contributed by atoms with Crippen LogP contribution < -0.4 is 5.32 Å². The number of nitrogens with one attached hydrogen (secondary N) is 1. The highest BCUT2D eigenvalue weighted by Gasteiger charge is 2.23. The number of benzene rings is 1. The molecular weight excluding hydrogens is 281 g/mol. The van der Waals surface area contributed by atoms with Crippen LogP contribution in [-0.2, 0) is 6.54 Å². The predicted molar refractivity (Wildman–Crippen MR) is 61.2 cm³/mol. The summed E-state index contributed by atoms with van der Waals surface area (Å²) < 4.78 is 66.3. The molecule has 108 valence electrons. The Morgan fingerprint density at radius 3 is 2.40 bits per heavy atom. The molecule has 0 spiro atoms. The Morgan fingerprint density at radius 1 is 1.15 bits per heavy atom. The van der Waals surface area contributed by atoms with Gasteiger partial charge in [-0.1, -0.05) is 0 Å². The summed E-state index contributed by atoms with van der Waals surface area (Å²) in [5.74, 6) is -3.91. The summed E-state index contributed by atoms with van der Waals surface area (Å²) in [5.41, 5.74) is -0.988. The molecule has 0 atom stereocenters. The number of hydrogen-bond donors (Lipinski definition) is 1. The van der Waals surface area contributed by atoms with Crippen LogP contribution in [0.1, 0.15) is 17.7 Å². The van der Waals surface area contributed by atoms with E-state index in [0.29, 0.717) is 16.8 Å². The first-order chi connectivity index (χ1) is 9.45. The van der Waals surface area contributed by atoms with Crippen LogP contribution in [0.15, 0.2) is 18.3 Å². The summed E-state index contributed by atoms with van der Waals surface area (Å²) in [6.45, 7) is 0.0883. The molecule has 0 saturated carbocycles. The van der Waals surface area contributed by atoms with Gasteiger partial charge in [0.15, 0.2) is 17.5 Å². The second-order valence-corrected chi connectivity index (χ2v) is 4.02. The zero-order chi connectivity index (χ0) is 14.9. The van der Waals surface area contributed by atoms with Crippen molar-refractivity contribution in [1.29, 1.82) is 0 Å². The second-order valence-electron chi connectivity index (χ2n) is 4.02. The van der Waals surface area contributed by atoms with E-state index in [1.165, 1.54) is 0 Å². The van der Waals surface area contributed by atoms with Gasteiger partial charge in [0.2, 0.25) is 0 Å². The van der Waals surface area contributed by atoms with E-state index in [4.69, 9.17) is 0 Å². The molecule has 2 rings (SSSR count). The van der Waals surface area contributed by atoms with E-state index >= 15 is 0 Å². The largest absolute Gasteiger partial charge is 0.316 e. The van der Waals surface area contributed by atoms with E-state index in [-0.39, 0.29) is 12.1 Å². The summed E-state index contributed by atoms with van der Waals surface area (Å²) in [6.07, 6.45) is -1.81. The van der Waals surface area contributed by atoms with Crippen LogP contribution in [0.3, 0.4) is 0 Å². The first-order valence-corrected chi connectivity index (χ1v) is 5.60. The van der Waals surface area contributed by atoms with E-state index in [1.54, 1.807) is 7.05 Å². The topological polar surface area (TPSA) is 29.9 Å². The molecule has 1 aromatic heterocycles. The maximum absolute atomic E-state index is 13.6. The summed E-state index contributed by atoms with van der Waals surface area (Å²) in [6, 6.07) is 0.784. The molecular formula is C12H10F5N3. The van der Waals surface area contributed by atoms with E-state index in [1.807, 2.05) is 0 Å². The van der Waals surface area contributed by atoms with Crippen molar-refractivity contribution in [1.82, 2.24) is 15.1 Å². The lowest BCUT2D eigenvalue weighted by Crippen LogP contribution is -2.11. The van der Waals surface area contributed by atoms with Crippen molar-refractivity contribution in [2.75, 3.05) is 7.05 Å². The van der Waals surface area contributed by atoms with Crippen molar-refractivity contribution in [3.05, 3.63) is 47.0 Å². The van der Waals surface area contributed by atoms with Crippen molar-refractivity contribution in [3.8, 4) is 5.69 Å². The van der Waals surface area contributed by atoms with Crippen molar-refractivity contribution >= 4 is 0 Å². The molecule has 0 fully saturated rings. The molecule has 1 heterocycles. The summed E-state index contributed by atoms with van der Waals surface area (Å²) >= 11 is 0. The van der Waals surface area contributed by atoms with Crippen LogP contribution in [0.4, 0.5) is 22.0 Å². The SMILES string of the molecule is CNCc1cnn(-c2cc(F)c(F)cc2F)c1C(F)F. The maximum atomic E-state index is 13.6. The Labute approximate surface area is 111 Å². The van der Waals surface area contributed by atoms with E-state index in [0.717, 1.165) is 6.20 Å². The molecule has 0 saturated heterocycles. The molecule has 0 aliphatic rings. The smallest absolute Gasteiger partial charge is 0.280 e. The molecule has 1 N–H and O–H groups in total. The van der Waals surface area contributed by atoms with Gasteiger partial charge in [0.1, 0.15) is 11.4 Å². The number of alkyl halides is 2. The highest BCUT2D eigenvalue weighted by Crippen LogP contribution is 2.27. The first-order valence-electron chi connectivity index (χ1n) is 5.60. The molecule has 0 aliphatic heterocycles. The van der Waals surface area contributed by atoms with Crippen LogP contribution in [0.5, 0.6) is 0 Å². The first kappa shape index (κ1) is 14.4. The van der Waals surface area contributed by atoms with E-state index in [2.05, 4.69) is 10.4 Å². The lowest BCUT2D eigenvalue weighted by molar-refractivity contribution is 0.141. The van der Waals surface area contributed by atoms with Gasteiger partial charge in [-0.2, -0.15) is 5.10 Å². The number of rotatable bonds is 4. The Bertz CT molecular complexity index is 624. The van der Waals surface area contributed by atoms with Crippen molar-refractivity contribution in [2.45, 2.75) is 13.0 Å². The summed E-state index contributed by atoms with van der Waals surface area (Å²) in [7, 11) is 1.55. The van der Waals surface area contributed by atoms with Crippen LogP contribution in [0.25, 0.3) is 5.69 Å². The third-order valence-corrected chi connectivity index (χ3v) is 2.68. The molecule has 20 heavy (non-hydrogen) atoms. The van der Waals surface area contributed by atoms with Gasteiger partial charge < -0.3 is 5.32 Å². The predicted octanol–water partition coefficient (Wildman–Crippen LogP) is 2.95. The third-order valence-electron chi connectivity index (χ3n) is 2.68. The van der Waals surface area contributed by atoms with Crippen molar-refractivity contribution < 1.29 is 22.0 Å². The molecule has 0 unspecified atom stereocenters. The lowest BCUT2D eigenvalue weighted by atomic mass is 10.2. The van der Waals surface area contributed by atoms with Crippen molar-refractivity contribution in [2.24, 2.45) is 0 Å². The minimum atomic E-state index is -2.94. The molecule has 0 amide bonds. The van der Waals surface area contributed by atoms with Gasteiger partial charge in [-0.25, -0.2) is 26.6 Å². The molecule has 3 nitrogen and oxygen atoms in total. The van der Waals surface area contributed by atoms with Gasteiger partial charge in [-0.05, 0) is 7.05 Å². The van der Waals surface area contributed by atoms with Gasteiger partial charge in [-0.15, -0.1) is 0 Å². The Balaban J connectivity index is 2.61. The summed E-state index contributed by atoms with van der Waals surface area (Å²) in [5, 5.41) is 6.29. The number of aromatic nitrogens is 2. The Hall–Kier alpha value is -1.96. The minimum Gasteiger partial charge on any atom is -0.316 e. The molecule has 0 bridgehead atoms. The second kappa shape index (κ2) is 5.58. The van der Waals surface area contributed by atoms with Gasteiger partial charge in [0, 0.05) is 24.2 Å². The molecule has 0 aliphatic carbocycles. The monoisotopic (exact) mass is 291 g/mol. The quantitative estimate of drug-likeness (QED) is 0.693. The average Bonchev–Trinajstić information content (AvgIpc) is 2.78. The van der Waals surface area contributed by atoms with Gasteiger partial charge in [-0.3, -0.25) is 0 Å². The highest BCUT2D eigenvalue weighted by atomic mass is 19.3. The van der Waals surface area contributed by atoms with Crippen LogP contribution in [0.2, 0.25) is 0 Å². The number of halogens is 5. The van der Waals surface area contributed by atoms with Crippen LogP contribution in [0, 0.1) is 17.5 Å². The zero-order valence-electron chi connectivity index (χ0n) is 10.3. The number of hydrogen-bond acceptors (Lipinski definition) is 2. The fourth-order valence-corrected chi connectivity index (χ4v) is 1.82. The Morgan fingerprint density at radius 2 is 1.80 bits per heavy atom. The maximum Gasteiger partial charge on any atom is 0.280 e. The van der Waals surface area contributed by atoms with Crippen molar-refractivity contribution in [3.63, 3.8) is 0 Å². The minimum absolute atomic E-state index is 0.0883. The molecule has 1 aromatic carbocycles. The molecule has 0 radical (unpaired) electrons. The Kier molecular flexibility index (Phi) is 4.03. The third kappa shape index (κ3) is 2.51. The molecule has 2 aromatic rings. The van der Waals surface area contributed by atoms with E-state index in [9.17, 15) is 22.0 Å². The van der Waals surface area contributed by atoms with E-state index < -0.39 is 35.3 Å². The average molecular weight is 291 g/mol. The van der Waals surface area contributed by atoms with Gasteiger partial charge in [0.05, 0.1) is 6.20 Å². The highest BCUT2D eigenvalue weighted by molar-refractivity contribution is 5.38. The molecule has 8 heteroatoms. The van der Waals surface area contributed by atoms with Gasteiger partial charge in [0.25, 0.3) is 6.43 Å². The summed E-state index contributed by atoms with van der Waals surface area (Å²) in [4.78, 5) is 0. The van der Waals surface area contributed by atoms with Gasteiger partial charge >= 0.3 is 0 Å². The van der Waals surface area contributed by atoms with Crippen LogP contribution >= 0.6 is 0 Å². The zero-order valence-corrected chi connectivity index (χ0v) is 10.3. The normalized spacial score (nSPS) is 11.3. The van der Waals surface area contributed by atoms with Crippen LogP contribution in [-0.4, -0.2) is 16.8 Å². The fraction of sp³-hybridized carbons (Fsp3) is 0.250. The number of nitrogens with zero attached hydrogens (tertiary/aromatic N) is 2.